The van der Waals surface area contributed by atoms with Crippen LogP contribution in [-0.4, -0.2) is 105 Å². The molecule has 0 saturated carbocycles. The van der Waals surface area contributed by atoms with Crippen molar-refractivity contribution in [3.8, 4) is 17.6 Å². The molecule has 0 radical (unpaired) electrons. The van der Waals surface area contributed by atoms with E-state index in [1.54, 1.807) is 12.1 Å². The van der Waals surface area contributed by atoms with Gasteiger partial charge in [-0.2, -0.15) is 0 Å². The quantitative estimate of drug-likeness (QED) is 0.0856. The molecule has 58 heavy (non-hydrogen) atoms. The molecule has 11 heteroatoms. The average Bonchev–Trinajstić information content (AvgIpc) is 3.16. The highest BCUT2D eigenvalue weighted by molar-refractivity contribution is 6.30. The molecule has 0 unspecified atom stereocenters. The van der Waals surface area contributed by atoms with Crippen LogP contribution in [0.4, 0.5) is 28.4 Å². The van der Waals surface area contributed by atoms with Crippen LogP contribution in [-0.2, 0) is 0 Å². The van der Waals surface area contributed by atoms with Gasteiger partial charge in [-0.15, -0.1) is 0 Å². The van der Waals surface area contributed by atoms with E-state index < -0.39 is 5.76 Å². The fourth-order valence-electron chi connectivity index (χ4n) is 8.83. The Labute approximate surface area is 340 Å². The monoisotopic (exact) mass is 772 g/mol. The molecule has 0 bridgehead atoms. The van der Waals surface area contributed by atoms with Gasteiger partial charge in [0.2, 0.25) is 5.71 Å². The number of allylic oxidation sites excluding steroid dienone is 3. The molecule has 0 saturated heterocycles. The standard InChI is InChI=1S/C47H48N8O3/c1-49-27(24-48)38-43(36-25-16-14-18-28(50(2)3)34(25)45(54(10)11)39-30(52(6)7)20-22-32(56)41(36)39)47(58)44(38)37-26-17-15-19-29(51(4)5)35(26)46(55(12)13)40-31(53(8)9)21-23-33(57)42(37)40/h14-23H,2-13H3,(H2-,56,57,58). The number of hydrogen-bond donors (Lipinski definition) is 2. The molecular formula is C47H48N8O3. The van der Waals surface area contributed by atoms with Crippen LogP contribution >= 0.6 is 0 Å². The molecule has 0 spiro atoms. The number of nitriles is 1. The maximum atomic E-state index is 15.7. The van der Waals surface area contributed by atoms with Gasteiger partial charge in [-0.1, -0.05) is 30.0 Å². The molecule has 0 aromatic heterocycles. The van der Waals surface area contributed by atoms with E-state index in [-0.39, 0.29) is 33.9 Å². The van der Waals surface area contributed by atoms with Gasteiger partial charge >= 0.3 is 0 Å². The van der Waals surface area contributed by atoms with Crippen molar-refractivity contribution in [2.75, 3.05) is 109 Å². The SMILES string of the molecule is [C-]#[N+]/C(C#N)=C1C(c2c3cccc(N(C)C)c3c(N(C)C)c3c(N(C)C)ccc(O)c23)=C([O-])C/1=C1\c2cccc(N(C)C)c2C(=[N+](C)C)c2c(N(C)C)ccc(O)c21. The van der Waals surface area contributed by atoms with Gasteiger partial charge in [0.1, 0.15) is 25.6 Å². The van der Waals surface area contributed by atoms with Crippen LogP contribution in [0, 0.1) is 17.9 Å². The maximum absolute atomic E-state index is 15.7. The van der Waals surface area contributed by atoms with E-state index in [4.69, 9.17) is 6.57 Å². The smallest absolute Gasteiger partial charge is 0.270 e. The summed E-state index contributed by atoms with van der Waals surface area (Å²) < 4.78 is 2.02. The summed E-state index contributed by atoms with van der Waals surface area (Å²) in [5.74, 6) is -0.484. The summed E-state index contributed by atoms with van der Waals surface area (Å²) >= 11 is 0. The first-order valence-electron chi connectivity index (χ1n) is 18.8. The van der Waals surface area contributed by atoms with E-state index in [1.807, 2.05) is 162 Å². The van der Waals surface area contributed by atoms with Crippen LogP contribution in [0.2, 0.25) is 0 Å². The number of phenolic OH excluding ortho intramolecular Hbond substituents is 2. The van der Waals surface area contributed by atoms with Crippen molar-refractivity contribution in [1.82, 2.24) is 0 Å². The van der Waals surface area contributed by atoms with Crippen LogP contribution < -0.4 is 29.6 Å². The third-order valence-electron chi connectivity index (χ3n) is 11.1. The minimum atomic E-state index is -0.401. The Morgan fingerprint density at radius 2 is 1.17 bits per heavy atom. The molecular weight excluding hydrogens is 725 g/mol. The zero-order valence-corrected chi connectivity index (χ0v) is 35.2. The number of benzene rings is 5. The molecule has 0 atom stereocenters. The minimum absolute atomic E-state index is 0.0413. The molecule has 0 fully saturated rings. The summed E-state index contributed by atoms with van der Waals surface area (Å²) in [6.45, 7) is 8.34. The Bertz CT molecular complexity index is 2820. The third kappa shape index (κ3) is 5.49. The number of aromatic hydroxyl groups is 2. The molecule has 2 aliphatic rings. The summed E-state index contributed by atoms with van der Waals surface area (Å²) in [4.78, 5) is 13.8. The molecule has 2 N–H and O–H groups in total. The first-order valence-corrected chi connectivity index (χ1v) is 18.8. The predicted octanol–water partition coefficient (Wildman–Crippen LogP) is 6.44. The third-order valence-corrected chi connectivity index (χ3v) is 11.1. The number of fused-ring (bicyclic) bond motifs is 4. The highest BCUT2D eigenvalue weighted by Gasteiger charge is 2.42. The Morgan fingerprint density at radius 3 is 1.74 bits per heavy atom. The number of phenols is 2. The summed E-state index contributed by atoms with van der Waals surface area (Å²) in [6, 6.07) is 20.8. The normalized spacial score (nSPS) is 15.3. The molecule has 0 heterocycles. The second kappa shape index (κ2) is 14.1. The molecule has 0 aliphatic heterocycles. The summed E-state index contributed by atoms with van der Waals surface area (Å²) in [6.07, 6.45) is 0. The van der Waals surface area contributed by atoms with Crippen LogP contribution in [0.15, 0.2) is 83.3 Å². The Kier molecular flexibility index (Phi) is 9.53. The largest absolute Gasteiger partial charge is 0.872 e. The van der Waals surface area contributed by atoms with Gasteiger partial charge in [-0.3, -0.25) is 0 Å². The number of hydrogen-bond acceptors (Lipinski definition) is 9. The van der Waals surface area contributed by atoms with E-state index in [9.17, 15) is 15.5 Å². The van der Waals surface area contributed by atoms with Crippen molar-refractivity contribution in [1.29, 1.82) is 5.26 Å². The van der Waals surface area contributed by atoms with E-state index in [0.717, 1.165) is 56.0 Å². The Balaban J connectivity index is 1.80. The fraction of sp³-hybridized carbons (Fsp3) is 0.255. The average molecular weight is 773 g/mol. The molecule has 2 aliphatic carbocycles. The van der Waals surface area contributed by atoms with E-state index in [1.165, 1.54) is 0 Å². The van der Waals surface area contributed by atoms with Gasteiger partial charge in [-0.25, -0.2) is 14.7 Å². The van der Waals surface area contributed by atoms with Crippen LogP contribution in [0.25, 0.3) is 37.5 Å². The first kappa shape index (κ1) is 39.1. The van der Waals surface area contributed by atoms with Gasteiger partial charge in [0.25, 0.3) is 5.70 Å². The fourth-order valence-corrected chi connectivity index (χ4v) is 8.83. The van der Waals surface area contributed by atoms with Gasteiger partial charge in [0, 0.05) is 120 Å². The molecule has 7 rings (SSSR count). The topological polar surface area (TPSA) is 111 Å². The van der Waals surface area contributed by atoms with Gasteiger partial charge in [0.05, 0.1) is 40.8 Å². The zero-order chi connectivity index (χ0) is 42.2. The van der Waals surface area contributed by atoms with Gasteiger partial charge < -0.3 is 39.8 Å². The number of rotatable bonds is 6. The molecule has 294 valence electrons. The molecule has 11 nitrogen and oxygen atoms in total. The van der Waals surface area contributed by atoms with Crippen LogP contribution in [0.1, 0.15) is 27.8 Å². The Morgan fingerprint density at radius 1 is 0.621 bits per heavy atom. The summed E-state index contributed by atoms with van der Waals surface area (Å²) in [5.41, 5.74) is 8.89. The minimum Gasteiger partial charge on any atom is -0.872 e. The van der Waals surface area contributed by atoms with E-state index in [2.05, 4.69) is 10.9 Å². The van der Waals surface area contributed by atoms with Crippen molar-refractivity contribution in [3.63, 3.8) is 0 Å². The molecule has 5 aromatic carbocycles. The second-order valence-electron chi connectivity index (χ2n) is 15.9. The summed E-state index contributed by atoms with van der Waals surface area (Å²) in [5, 5.41) is 53.1. The number of nitrogens with zero attached hydrogens (tertiary/aromatic N) is 8. The van der Waals surface area contributed by atoms with Crippen LogP contribution in [0.3, 0.4) is 0 Å². The maximum Gasteiger partial charge on any atom is 0.270 e. The van der Waals surface area contributed by atoms with Crippen molar-refractivity contribution in [2.24, 2.45) is 0 Å². The highest BCUT2D eigenvalue weighted by atomic mass is 16.3. The van der Waals surface area contributed by atoms with Gasteiger partial charge in [0.15, 0.2) is 0 Å². The van der Waals surface area contributed by atoms with E-state index in [0.29, 0.717) is 33.0 Å². The lowest BCUT2D eigenvalue weighted by Crippen LogP contribution is -2.31. The zero-order valence-electron chi connectivity index (χ0n) is 35.2. The predicted molar refractivity (Wildman–Crippen MR) is 237 cm³/mol. The van der Waals surface area contributed by atoms with Crippen molar-refractivity contribution in [3.05, 3.63) is 123 Å². The number of anilines is 5. The summed E-state index contributed by atoms with van der Waals surface area (Å²) in [7, 11) is 23.4. The Hall–Kier alpha value is -7.11. The lowest BCUT2D eigenvalue weighted by molar-refractivity contribution is -0.463. The van der Waals surface area contributed by atoms with Crippen molar-refractivity contribution >= 4 is 66.8 Å². The lowest BCUT2D eigenvalue weighted by atomic mass is 9.68. The van der Waals surface area contributed by atoms with Crippen LogP contribution in [0.5, 0.6) is 11.5 Å². The van der Waals surface area contributed by atoms with E-state index >= 15 is 5.11 Å². The molecule has 0 amide bonds. The van der Waals surface area contributed by atoms with Gasteiger partial charge in [-0.05, 0) is 58.5 Å². The lowest BCUT2D eigenvalue weighted by Gasteiger charge is -2.41. The molecule has 5 aromatic rings. The van der Waals surface area contributed by atoms with Crippen molar-refractivity contribution < 1.29 is 19.9 Å². The van der Waals surface area contributed by atoms with Crippen molar-refractivity contribution in [2.45, 2.75) is 0 Å². The first-order chi connectivity index (χ1) is 27.5. The highest BCUT2D eigenvalue weighted by Crippen LogP contribution is 2.59. The second-order valence-corrected chi connectivity index (χ2v) is 15.9.